The zero-order chi connectivity index (χ0) is 13.0. The maximum Gasteiger partial charge on any atom is 0.256 e. The number of rotatable bonds is 3. The van der Waals surface area contributed by atoms with Crippen LogP contribution in [0.1, 0.15) is 15.9 Å². The number of nitrogens with one attached hydrogen (secondary N) is 1. The fourth-order valence-electron chi connectivity index (χ4n) is 1.34. The Hall–Kier alpha value is -1.65. The molecule has 0 aliphatic carbocycles. The molecule has 0 fully saturated rings. The number of carbonyl (C=O) groups is 1. The van der Waals surface area contributed by atoms with Crippen LogP contribution in [0.5, 0.6) is 0 Å². The Morgan fingerprint density at radius 2 is 1.94 bits per heavy atom. The summed E-state index contributed by atoms with van der Waals surface area (Å²) < 4.78 is 0. The number of benzene rings is 1. The number of alkyl halides is 1. The summed E-state index contributed by atoms with van der Waals surface area (Å²) >= 11 is 11.4. The zero-order valence-corrected chi connectivity index (χ0v) is 10.7. The van der Waals surface area contributed by atoms with Crippen molar-refractivity contribution in [3.63, 3.8) is 0 Å². The van der Waals surface area contributed by atoms with Crippen LogP contribution in [0, 0.1) is 0 Å². The van der Waals surface area contributed by atoms with Crippen LogP contribution in [0.4, 0.5) is 5.82 Å². The molecule has 92 valence electrons. The smallest absolute Gasteiger partial charge is 0.256 e. The first-order valence-electron chi connectivity index (χ1n) is 5.13. The molecule has 2 rings (SSSR count). The molecular formula is C12H9Cl2N3O. The summed E-state index contributed by atoms with van der Waals surface area (Å²) in [5, 5.41) is 2.90. The van der Waals surface area contributed by atoms with E-state index in [2.05, 4.69) is 15.3 Å². The van der Waals surface area contributed by atoms with Gasteiger partial charge in [0.1, 0.15) is 17.3 Å². The van der Waals surface area contributed by atoms with E-state index in [4.69, 9.17) is 23.2 Å². The van der Waals surface area contributed by atoms with Gasteiger partial charge in [-0.2, -0.15) is 0 Å². The molecule has 4 nitrogen and oxygen atoms in total. The first kappa shape index (κ1) is 12.8. The maximum atomic E-state index is 11.9. The van der Waals surface area contributed by atoms with E-state index in [1.807, 2.05) is 0 Å². The first-order chi connectivity index (χ1) is 8.69. The van der Waals surface area contributed by atoms with Gasteiger partial charge in [0.15, 0.2) is 0 Å². The molecular weight excluding hydrogens is 273 g/mol. The Bertz CT molecular complexity index is 558. The van der Waals surface area contributed by atoms with Gasteiger partial charge in [-0.25, -0.2) is 9.97 Å². The number of carbonyl (C=O) groups excluding carboxylic acids is 1. The lowest BCUT2D eigenvalue weighted by Gasteiger charge is -2.04. The molecule has 0 saturated heterocycles. The zero-order valence-electron chi connectivity index (χ0n) is 9.23. The highest BCUT2D eigenvalue weighted by molar-refractivity contribution is 6.29. The minimum atomic E-state index is -0.258. The van der Waals surface area contributed by atoms with Crippen molar-refractivity contribution in [2.75, 3.05) is 5.32 Å². The first-order valence-corrected chi connectivity index (χ1v) is 6.04. The summed E-state index contributed by atoms with van der Waals surface area (Å²) in [5.74, 6) is 0.524. The van der Waals surface area contributed by atoms with Crippen molar-refractivity contribution in [1.82, 2.24) is 9.97 Å². The number of halogens is 2. The second kappa shape index (κ2) is 5.80. The highest BCUT2D eigenvalue weighted by Gasteiger charge is 2.07. The van der Waals surface area contributed by atoms with E-state index in [-0.39, 0.29) is 11.1 Å². The van der Waals surface area contributed by atoms with E-state index in [0.717, 1.165) is 5.56 Å². The van der Waals surface area contributed by atoms with Crippen LogP contribution in [0.25, 0.3) is 0 Å². The van der Waals surface area contributed by atoms with Gasteiger partial charge in [0.05, 0.1) is 0 Å². The molecule has 0 atom stereocenters. The Labute approximate surface area is 114 Å². The van der Waals surface area contributed by atoms with Crippen LogP contribution in [0.2, 0.25) is 5.15 Å². The fourth-order valence-corrected chi connectivity index (χ4v) is 1.66. The molecule has 0 aliphatic rings. The quantitative estimate of drug-likeness (QED) is 0.695. The van der Waals surface area contributed by atoms with Crippen molar-refractivity contribution in [1.29, 1.82) is 0 Å². The Morgan fingerprint density at radius 1 is 1.22 bits per heavy atom. The summed E-state index contributed by atoms with van der Waals surface area (Å²) in [6, 6.07) is 8.49. The van der Waals surface area contributed by atoms with Crippen molar-refractivity contribution >= 4 is 34.9 Å². The van der Waals surface area contributed by atoms with Crippen LogP contribution >= 0.6 is 23.2 Å². The van der Waals surface area contributed by atoms with Crippen LogP contribution in [-0.2, 0) is 5.88 Å². The molecule has 0 bridgehead atoms. The van der Waals surface area contributed by atoms with Gasteiger partial charge in [-0.05, 0) is 17.7 Å². The molecule has 0 spiro atoms. The minimum Gasteiger partial charge on any atom is -0.306 e. The molecule has 0 saturated carbocycles. The van der Waals surface area contributed by atoms with Crippen molar-refractivity contribution in [2.24, 2.45) is 0 Å². The number of nitrogens with zero attached hydrogens (tertiary/aromatic N) is 2. The molecule has 0 radical (unpaired) electrons. The summed E-state index contributed by atoms with van der Waals surface area (Å²) in [4.78, 5) is 19.5. The number of amides is 1. The van der Waals surface area contributed by atoms with E-state index < -0.39 is 0 Å². The molecule has 6 heteroatoms. The third-order valence-corrected chi connectivity index (χ3v) is 2.76. The van der Waals surface area contributed by atoms with Crippen LogP contribution < -0.4 is 5.32 Å². The molecule has 0 aliphatic heterocycles. The van der Waals surface area contributed by atoms with Crippen molar-refractivity contribution in [2.45, 2.75) is 5.88 Å². The lowest BCUT2D eigenvalue weighted by molar-refractivity contribution is 0.102. The largest absolute Gasteiger partial charge is 0.306 e. The van der Waals surface area contributed by atoms with Gasteiger partial charge in [0, 0.05) is 17.5 Å². The van der Waals surface area contributed by atoms with E-state index in [0.29, 0.717) is 17.3 Å². The van der Waals surface area contributed by atoms with Gasteiger partial charge in [-0.3, -0.25) is 4.79 Å². The van der Waals surface area contributed by atoms with Gasteiger partial charge in [-0.1, -0.05) is 23.7 Å². The van der Waals surface area contributed by atoms with Crippen molar-refractivity contribution in [3.05, 3.63) is 52.9 Å². The molecule has 1 aromatic heterocycles. The average Bonchev–Trinajstić information content (AvgIpc) is 2.39. The van der Waals surface area contributed by atoms with Crippen molar-refractivity contribution in [3.8, 4) is 0 Å². The third-order valence-electron chi connectivity index (χ3n) is 2.25. The highest BCUT2D eigenvalue weighted by Crippen LogP contribution is 2.11. The molecule has 2 aromatic rings. The second-order valence-corrected chi connectivity index (χ2v) is 4.17. The minimum absolute atomic E-state index is 0.258. The third kappa shape index (κ3) is 3.18. The fraction of sp³-hybridized carbons (Fsp3) is 0.0833. The predicted molar refractivity (Wildman–Crippen MR) is 71.0 cm³/mol. The Balaban J connectivity index is 2.11. The van der Waals surface area contributed by atoms with Crippen molar-refractivity contribution < 1.29 is 4.79 Å². The SMILES string of the molecule is O=C(Nc1cc(Cl)ncn1)c1ccc(CCl)cc1. The summed E-state index contributed by atoms with van der Waals surface area (Å²) in [6.07, 6.45) is 1.29. The normalized spacial score (nSPS) is 10.1. The second-order valence-electron chi connectivity index (χ2n) is 3.51. The van der Waals surface area contributed by atoms with Crippen LogP contribution in [0.3, 0.4) is 0 Å². The van der Waals surface area contributed by atoms with Gasteiger partial charge < -0.3 is 5.32 Å². The van der Waals surface area contributed by atoms with E-state index in [1.165, 1.54) is 12.4 Å². The lowest BCUT2D eigenvalue weighted by atomic mass is 10.1. The van der Waals surface area contributed by atoms with E-state index in [9.17, 15) is 4.79 Å². The topological polar surface area (TPSA) is 54.9 Å². The van der Waals surface area contributed by atoms with Gasteiger partial charge in [-0.15, -0.1) is 11.6 Å². The molecule has 1 N–H and O–H groups in total. The number of hydrogen-bond donors (Lipinski definition) is 1. The van der Waals surface area contributed by atoms with Gasteiger partial charge in [0.2, 0.25) is 0 Å². The lowest BCUT2D eigenvalue weighted by Crippen LogP contribution is -2.12. The van der Waals surface area contributed by atoms with Crippen LogP contribution in [-0.4, -0.2) is 15.9 Å². The summed E-state index contributed by atoms with van der Waals surface area (Å²) in [7, 11) is 0. The number of anilines is 1. The molecule has 1 amide bonds. The highest BCUT2D eigenvalue weighted by atomic mass is 35.5. The molecule has 18 heavy (non-hydrogen) atoms. The number of hydrogen-bond acceptors (Lipinski definition) is 3. The Morgan fingerprint density at radius 3 is 2.56 bits per heavy atom. The molecule has 1 aromatic carbocycles. The number of aromatic nitrogens is 2. The van der Waals surface area contributed by atoms with E-state index in [1.54, 1.807) is 24.3 Å². The molecule has 1 heterocycles. The molecule has 0 unspecified atom stereocenters. The van der Waals surface area contributed by atoms with Crippen LogP contribution in [0.15, 0.2) is 36.7 Å². The van der Waals surface area contributed by atoms with Gasteiger partial charge in [0.25, 0.3) is 5.91 Å². The van der Waals surface area contributed by atoms with Gasteiger partial charge >= 0.3 is 0 Å². The summed E-state index contributed by atoms with van der Waals surface area (Å²) in [5.41, 5.74) is 1.48. The summed E-state index contributed by atoms with van der Waals surface area (Å²) in [6.45, 7) is 0. The maximum absolute atomic E-state index is 11.9. The van der Waals surface area contributed by atoms with E-state index >= 15 is 0 Å². The predicted octanol–water partition coefficient (Wildman–Crippen LogP) is 3.12. The average molecular weight is 282 g/mol. The Kier molecular flexibility index (Phi) is 4.12. The standard InChI is InChI=1S/C12H9Cl2N3O/c13-6-8-1-3-9(4-2-8)12(18)17-11-5-10(14)15-7-16-11/h1-5,7H,6H2,(H,15,16,17,18). The monoisotopic (exact) mass is 281 g/mol.